The molecule has 0 amide bonds. The van der Waals surface area contributed by atoms with Crippen molar-refractivity contribution in [2.24, 2.45) is 0 Å². The fourth-order valence-electron chi connectivity index (χ4n) is 1.15. The topological polar surface area (TPSA) is 76.4 Å². The molecule has 2 aromatic heterocycles. The fourth-order valence-corrected chi connectivity index (χ4v) is 1.62. The van der Waals surface area contributed by atoms with Crippen molar-refractivity contribution < 1.29 is 5.11 Å². The van der Waals surface area contributed by atoms with Crippen LogP contribution in [0.15, 0.2) is 16.7 Å². The van der Waals surface area contributed by atoms with Crippen LogP contribution in [0.1, 0.15) is 5.56 Å². The van der Waals surface area contributed by atoms with Crippen LogP contribution in [0, 0.1) is 0 Å². The summed E-state index contributed by atoms with van der Waals surface area (Å²) in [4.78, 5) is 3.97. The largest absolute Gasteiger partial charge is 0.392 e. The molecule has 5 nitrogen and oxygen atoms in total. The molecule has 0 fully saturated rings. The molecule has 0 aromatic carbocycles. The predicted molar refractivity (Wildman–Crippen MR) is 51.0 cm³/mol. The van der Waals surface area contributed by atoms with Gasteiger partial charge >= 0.3 is 0 Å². The first-order valence-electron chi connectivity index (χ1n) is 3.62. The molecule has 0 spiro atoms. The number of fused-ring (bicyclic) bond motifs is 1. The summed E-state index contributed by atoms with van der Waals surface area (Å²) in [6.45, 7) is -0.0823. The average molecular weight is 243 g/mol. The van der Waals surface area contributed by atoms with E-state index in [0.717, 1.165) is 4.47 Å². The lowest BCUT2D eigenvalue weighted by molar-refractivity contribution is 0.282. The molecule has 13 heavy (non-hydrogen) atoms. The van der Waals surface area contributed by atoms with Gasteiger partial charge < -0.3 is 10.8 Å². The van der Waals surface area contributed by atoms with Crippen molar-refractivity contribution in [1.82, 2.24) is 14.6 Å². The lowest BCUT2D eigenvalue weighted by atomic mass is 10.3. The maximum atomic E-state index is 9.03. The van der Waals surface area contributed by atoms with Crippen molar-refractivity contribution in [2.75, 3.05) is 5.73 Å². The van der Waals surface area contributed by atoms with E-state index in [-0.39, 0.29) is 12.6 Å². The number of aliphatic hydroxyl groups excluding tert-OH is 1. The molecule has 0 saturated heterocycles. The Morgan fingerprint density at radius 1 is 1.62 bits per heavy atom. The number of anilines is 1. The molecule has 0 aliphatic carbocycles. The zero-order valence-corrected chi connectivity index (χ0v) is 8.19. The Morgan fingerprint density at radius 2 is 2.38 bits per heavy atom. The molecule has 0 radical (unpaired) electrons. The van der Waals surface area contributed by atoms with Crippen LogP contribution in [-0.4, -0.2) is 19.7 Å². The highest BCUT2D eigenvalue weighted by molar-refractivity contribution is 9.10. The van der Waals surface area contributed by atoms with E-state index in [9.17, 15) is 0 Å². The molecule has 0 atom stereocenters. The number of nitrogens with two attached hydrogens (primary N) is 1. The zero-order chi connectivity index (χ0) is 9.42. The number of halogens is 1. The van der Waals surface area contributed by atoms with Gasteiger partial charge in [-0.1, -0.05) is 0 Å². The van der Waals surface area contributed by atoms with E-state index < -0.39 is 0 Å². The minimum Gasteiger partial charge on any atom is -0.392 e. The number of pyridine rings is 1. The maximum Gasteiger partial charge on any atom is 0.240 e. The molecule has 2 heterocycles. The van der Waals surface area contributed by atoms with Gasteiger partial charge in [0.2, 0.25) is 5.95 Å². The number of hydrogen-bond donors (Lipinski definition) is 2. The maximum absolute atomic E-state index is 9.03. The SMILES string of the molecule is Nc1nc2c(CO)cc(Br)cn2n1. The van der Waals surface area contributed by atoms with E-state index in [0.29, 0.717) is 11.2 Å². The molecule has 2 rings (SSSR count). The van der Waals surface area contributed by atoms with Gasteiger partial charge in [0.05, 0.1) is 6.61 Å². The van der Waals surface area contributed by atoms with Crippen molar-refractivity contribution in [3.05, 3.63) is 22.3 Å². The fraction of sp³-hybridized carbons (Fsp3) is 0.143. The van der Waals surface area contributed by atoms with Crippen molar-refractivity contribution in [2.45, 2.75) is 6.61 Å². The Balaban J connectivity index is 2.80. The van der Waals surface area contributed by atoms with E-state index in [4.69, 9.17) is 10.8 Å². The Bertz CT molecular complexity index is 453. The first-order chi connectivity index (χ1) is 6.20. The second kappa shape index (κ2) is 2.97. The molecular formula is C7H7BrN4O. The van der Waals surface area contributed by atoms with Crippen LogP contribution in [0.5, 0.6) is 0 Å². The molecule has 0 bridgehead atoms. The van der Waals surface area contributed by atoms with E-state index in [1.165, 1.54) is 4.52 Å². The summed E-state index contributed by atoms with van der Waals surface area (Å²) < 4.78 is 2.36. The number of hydrogen-bond acceptors (Lipinski definition) is 4. The molecule has 0 unspecified atom stereocenters. The molecule has 0 aliphatic rings. The van der Waals surface area contributed by atoms with Gasteiger partial charge in [0.1, 0.15) is 0 Å². The van der Waals surface area contributed by atoms with Crippen LogP contribution in [-0.2, 0) is 6.61 Å². The summed E-state index contributed by atoms with van der Waals surface area (Å²) in [6, 6.07) is 1.78. The summed E-state index contributed by atoms with van der Waals surface area (Å²) >= 11 is 3.29. The number of nitrogens with zero attached hydrogens (tertiary/aromatic N) is 3. The van der Waals surface area contributed by atoms with Crippen LogP contribution < -0.4 is 5.73 Å². The Morgan fingerprint density at radius 3 is 3.08 bits per heavy atom. The molecule has 2 aromatic rings. The quantitative estimate of drug-likeness (QED) is 0.767. The molecule has 0 aliphatic heterocycles. The van der Waals surface area contributed by atoms with Gasteiger partial charge in [-0.3, -0.25) is 0 Å². The third-order valence-electron chi connectivity index (χ3n) is 1.66. The standard InChI is InChI=1S/C7H7BrN4O/c8-5-1-4(3-13)6-10-7(9)11-12(6)2-5/h1-2,13H,3H2,(H2,9,11). The molecule has 0 saturated carbocycles. The number of aromatic nitrogens is 3. The van der Waals surface area contributed by atoms with E-state index in [1.807, 2.05) is 0 Å². The van der Waals surface area contributed by atoms with Gasteiger partial charge in [-0.15, -0.1) is 5.10 Å². The van der Waals surface area contributed by atoms with Crippen molar-refractivity contribution in [1.29, 1.82) is 0 Å². The molecule has 3 N–H and O–H groups in total. The van der Waals surface area contributed by atoms with Crippen LogP contribution in [0.25, 0.3) is 5.65 Å². The van der Waals surface area contributed by atoms with Gasteiger partial charge in [-0.25, -0.2) is 4.52 Å². The Labute approximate surface area is 82.3 Å². The monoisotopic (exact) mass is 242 g/mol. The van der Waals surface area contributed by atoms with Crippen LogP contribution in [0.3, 0.4) is 0 Å². The lowest BCUT2D eigenvalue weighted by Crippen LogP contribution is -1.93. The van der Waals surface area contributed by atoms with Gasteiger partial charge in [-0.2, -0.15) is 4.98 Å². The smallest absolute Gasteiger partial charge is 0.240 e. The third kappa shape index (κ3) is 1.38. The summed E-state index contributed by atoms with van der Waals surface area (Å²) in [5, 5.41) is 13.0. The van der Waals surface area contributed by atoms with Crippen LogP contribution in [0.4, 0.5) is 5.95 Å². The summed E-state index contributed by atoms with van der Waals surface area (Å²) in [5.74, 6) is 0.202. The predicted octanol–water partition coefficient (Wildman–Crippen LogP) is 0.566. The molecule has 6 heteroatoms. The normalized spacial score (nSPS) is 10.9. The van der Waals surface area contributed by atoms with E-state index in [2.05, 4.69) is 26.0 Å². The Kier molecular flexibility index (Phi) is 1.93. The van der Waals surface area contributed by atoms with E-state index >= 15 is 0 Å². The average Bonchev–Trinajstić information content (AvgIpc) is 2.43. The van der Waals surface area contributed by atoms with Gasteiger partial charge in [0, 0.05) is 16.2 Å². The zero-order valence-electron chi connectivity index (χ0n) is 6.61. The van der Waals surface area contributed by atoms with Gasteiger partial charge in [-0.05, 0) is 22.0 Å². The minimum atomic E-state index is -0.0823. The van der Waals surface area contributed by atoms with Crippen molar-refractivity contribution in [3.63, 3.8) is 0 Å². The molecular weight excluding hydrogens is 236 g/mol. The highest BCUT2D eigenvalue weighted by Crippen LogP contribution is 2.16. The van der Waals surface area contributed by atoms with Crippen LogP contribution in [0.2, 0.25) is 0 Å². The summed E-state index contributed by atoms with van der Waals surface area (Å²) in [5.41, 5.74) is 6.70. The van der Waals surface area contributed by atoms with Gasteiger partial charge in [0.25, 0.3) is 0 Å². The van der Waals surface area contributed by atoms with Crippen molar-refractivity contribution >= 4 is 27.5 Å². The Hall–Kier alpha value is -1.14. The third-order valence-corrected chi connectivity index (χ3v) is 2.10. The number of aliphatic hydroxyl groups is 1. The number of nitrogen functional groups attached to an aromatic ring is 1. The van der Waals surface area contributed by atoms with E-state index in [1.54, 1.807) is 12.3 Å². The highest BCUT2D eigenvalue weighted by Gasteiger charge is 2.06. The highest BCUT2D eigenvalue weighted by atomic mass is 79.9. The molecule has 68 valence electrons. The summed E-state index contributed by atoms with van der Waals surface area (Å²) in [6.07, 6.45) is 1.73. The first kappa shape index (κ1) is 8.46. The lowest BCUT2D eigenvalue weighted by Gasteiger charge is -1.98. The minimum absolute atomic E-state index is 0.0823. The summed E-state index contributed by atoms with van der Waals surface area (Å²) in [7, 11) is 0. The van der Waals surface area contributed by atoms with Gasteiger partial charge in [0.15, 0.2) is 5.65 Å². The number of rotatable bonds is 1. The first-order valence-corrected chi connectivity index (χ1v) is 4.41. The second-order valence-electron chi connectivity index (χ2n) is 2.58. The van der Waals surface area contributed by atoms with Crippen molar-refractivity contribution in [3.8, 4) is 0 Å². The second-order valence-corrected chi connectivity index (χ2v) is 3.50. The van der Waals surface area contributed by atoms with Crippen LogP contribution >= 0.6 is 15.9 Å².